The summed E-state index contributed by atoms with van der Waals surface area (Å²) in [6, 6.07) is 7.62. The van der Waals surface area contributed by atoms with Gasteiger partial charge in [-0.3, -0.25) is 4.99 Å². The molecule has 5 nitrogen and oxygen atoms in total. The molecule has 0 saturated carbocycles. The van der Waals surface area contributed by atoms with Gasteiger partial charge in [-0.1, -0.05) is 13.3 Å². The van der Waals surface area contributed by atoms with Crippen LogP contribution < -0.4 is 20.1 Å². The topological polar surface area (TPSA) is 54.9 Å². The Morgan fingerprint density at radius 2 is 1.77 bits per heavy atom. The summed E-state index contributed by atoms with van der Waals surface area (Å²) in [5.41, 5.74) is 0. The van der Waals surface area contributed by atoms with E-state index in [1.165, 1.54) is 6.42 Å². The Kier molecular flexibility index (Phi) is 9.66. The predicted octanol–water partition coefficient (Wildman–Crippen LogP) is 2.82. The van der Waals surface area contributed by atoms with Gasteiger partial charge in [-0.15, -0.1) is 0 Å². The maximum Gasteiger partial charge on any atom is 0.191 e. The molecule has 1 aromatic carbocycles. The Labute approximate surface area is 134 Å². The van der Waals surface area contributed by atoms with Crippen LogP contribution in [0.2, 0.25) is 0 Å². The summed E-state index contributed by atoms with van der Waals surface area (Å²) < 4.78 is 10.8. The van der Waals surface area contributed by atoms with Gasteiger partial charge in [0.25, 0.3) is 0 Å². The largest absolute Gasteiger partial charge is 0.497 e. The summed E-state index contributed by atoms with van der Waals surface area (Å²) in [5, 5.41) is 6.57. The van der Waals surface area contributed by atoms with E-state index in [1.807, 2.05) is 24.3 Å². The fraction of sp³-hybridized carbons (Fsp3) is 0.588. The molecule has 0 unspecified atom stereocenters. The number of methoxy groups -OCH3 is 1. The second-order valence-corrected chi connectivity index (χ2v) is 4.92. The highest BCUT2D eigenvalue weighted by Gasteiger charge is 1.97. The van der Waals surface area contributed by atoms with E-state index in [1.54, 1.807) is 7.11 Å². The van der Waals surface area contributed by atoms with Gasteiger partial charge in [0.15, 0.2) is 5.96 Å². The van der Waals surface area contributed by atoms with Crippen molar-refractivity contribution in [3.63, 3.8) is 0 Å². The maximum atomic E-state index is 5.68. The lowest BCUT2D eigenvalue weighted by Crippen LogP contribution is -2.37. The van der Waals surface area contributed by atoms with E-state index in [2.05, 4.69) is 29.5 Å². The van der Waals surface area contributed by atoms with Gasteiger partial charge in [0.1, 0.15) is 11.5 Å². The Morgan fingerprint density at radius 3 is 2.41 bits per heavy atom. The highest BCUT2D eigenvalue weighted by molar-refractivity contribution is 5.79. The minimum Gasteiger partial charge on any atom is -0.497 e. The number of rotatable bonds is 10. The number of aliphatic imine (C=N–C) groups is 1. The van der Waals surface area contributed by atoms with E-state index in [-0.39, 0.29) is 0 Å². The van der Waals surface area contributed by atoms with E-state index < -0.39 is 0 Å². The second-order valence-electron chi connectivity index (χ2n) is 4.92. The number of unbranched alkanes of at least 4 members (excludes halogenated alkanes) is 1. The minimum atomic E-state index is 0.657. The van der Waals surface area contributed by atoms with Crippen LogP contribution >= 0.6 is 0 Å². The van der Waals surface area contributed by atoms with Gasteiger partial charge in [-0.2, -0.15) is 0 Å². The zero-order chi connectivity index (χ0) is 16.0. The molecule has 1 rings (SSSR count). The number of benzene rings is 1. The zero-order valence-electron chi connectivity index (χ0n) is 14.0. The number of hydrogen-bond acceptors (Lipinski definition) is 3. The van der Waals surface area contributed by atoms with Gasteiger partial charge in [-0.25, -0.2) is 0 Å². The summed E-state index contributed by atoms with van der Waals surface area (Å²) in [6.07, 6.45) is 3.23. The van der Waals surface area contributed by atoms with Gasteiger partial charge >= 0.3 is 0 Å². The lowest BCUT2D eigenvalue weighted by Gasteiger charge is -2.11. The van der Waals surface area contributed by atoms with E-state index in [9.17, 15) is 0 Å². The molecule has 2 N–H and O–H groups in total. The predicted molar refractivity (Wildman–Crippen MR) is 92.0 cm³/mol. The molecule has 0 atom stereocenters. The first-order valence-electron chi connectivity index (χ1n) is 8.09. The molecule has 0 bridgehead atoms. The van der Waals surface area contributed by atoms with Crippen molar-refractivity contribution >= 4 is 5.96 Å². The average molecular weight is 307 g/mol. The summed E-state index contributed by atoms with van der Waals surface area (Å²) >= 11 is 0. The summed E-state index contributed by atoms with van der Waals surface area (Å²) in [4.78, 5) is 4.54. The first-order valence-corrected chi connectivity index (χ1v) is 8.09. The van der Waals surface area contributed by atoms with Crippen LogP contribution in [0.15, 0.2) is 29.3 Å². The van der Waals surface area contributed by atoms with E-state index in [0.29, 0.717) is 6.61 Å². The monoisotopic (exact) mass is 307 g/mol. The highest BCUT2D eigenvalue weighted by Crippen LogP contribution is 2.16. The molecule has 0 amide bonds. The van der Waals surface area contributed by atoms with Crippen molar-refractivity contribution in [1.29, 1.82) is 0 Å². The van der Waals surface area contributed by atoms with Crippen LogP contribution in [-0.2, 0) is 0 Å². The first-order chi connectivity index (χ1) is 10.8. The van der Waals surface area contributed by atoms with Crippen molar-refractivity contribution < 1.29 is 9.47 Å². The molecule has 0 aliphatic heterocycles. The number of nitrogens with one attached hydrogen (secondary N) is 2. The molecule has 1 aromatic rings. The SMILES string of the molecule is CCCCNC(=NCCCOc1ccc(OC)cc1)NCC. The summed E-state index contributed by atoms with van der Waals surface area (Å²) in [7, 11) is 1.66. The standard InChI is InChI=1S/C17H29N3O2/c1-4-6-12-19-17(18-5-2)20-13-7-14-22-16-10-8-15(21-3)9-11-16/h8-11H,4-7,12-14H2,1-3H3,(H2,18,19,20). The second kappa shape index (κ2) is 11.7. The molecular formula is C17H29N3O2. The van der Waals surface area contributed by atoms with Crippen molar-refractivity contribution in [1.82, 2.24) is 10.6 Å². The van der Waals surface area contributed by atoms with Gasteiger partial charge in [0, 0.05) is 26.1 Å². The molecule has 124 valence electrons. The Hall–Kier alpha value is -1.91. The van der Waals surface area contributed by atoms with E-state index in [0.717, 1.165) is 49.9 Å². The normalized spacial score (nSPS) is 11.1. The molecule has 0 spiro atoms. The van der Waals surface area contributed by atoms with Crippen molar-refractivity contribution in [2.24, 2.45) is 4.99 Å². The quantitative estimate of drug-likeness (QED) is 0.396. The molecule has 0 aliphatic rings. The Bertz CT molecular complexity index is 418. The highest BCUT2D eigenvalue weighted by atomic mass is 16.5. The summed E-state index contributed by atoms with van der Waals surface area (Å²) in [6.45, 7) is 7.50. The molecular weight excluding hydrogens is 278 g/mol. The third-order valence-electron chi connectivity index (χ3n) is 3.07. The van der Waals surface area contributed by atoms with Crippen LogP contribution in [0.25, 0.3) is 0 Å². The molecule has 0 saturated heterocycles. The van der Waals surface area contributed by atoms with Crippen molar-refractivity contribution in [2.45, 2.75) is 33.1 Å². The average Bonchev–Trinajstić information content (AvgIpc) is 2.55. The molecule has 22 heavy (non-hydrogen) atoms. The van der Waals surface area contributed by atoms with Crippen LogP contribution in [0.5, 0.6) is 11.5 Å². The molecule has 0 heterocycles. The van der Waals surface area contributed by atoms with Crippen LogP contribution in [-0.4, -0.2) is 39.3 Å². The number of ether oxygens (including phenoxy) is 2. The van der Waals surface area contributed by atoms with Crippen LogP contribution in [0.1, 0.15) is 33.1 Å². The summed E-state index contributed by atoms with van der Waals surface area (Å²) in [5.74, 6) is 2.59. The lowest BCUT2D eigenvalue weighted by molar-refractivity contribution is 0.312. The lowest BCUT2D eigenvalue weighted by atomic mass is 10.3. The van der Waals surface area contributed by atoms with E-state index >= 15 is 0 Å². The zero-order valence-corrected chi connectivity index (χ0v) is 14.0. The number of guanidine groups is 1. The van der Waals surface area contributed by atoms with Gasteiger partial charge in [-0.05, 0) is 37.6 Å². The van der Waals surface area contributed by atoms with Crippen LogP contribution in [0, 0.1) is 0 Å². The minimum absolute atomic E-state index is 0.657. The number of hydrogen-bond donors (Lipinski definition) is 2. The Balaban J connectivity index is 2.23. The van der Waals surface area contributed by atoms with E-state index in [4.69, 9.17) is 9.47 Å². The van der Waals surface area contributed by atoms with Crippen molar-refractivity contribution in [3.05, 3.63) is 24.3 Å². The van der Waals surface area contributed by atoms with Crippen molar-refractivity contribution in [2.75, 3.05) is 33.4 Å². The molecule has 0 aliphatic carbocycles. The smallest absolute Gasteiger partial charge is 0.191 e. The molecule has 0 radical (unpaired) electrons. The van der Waals surface area contributed by atoms with Crippen LogP contribution in [0.4, 0.5) is 0 Å². The third-order valence-corrected chi connectivity index (χ3v) is 3.07. The van der Waals surface area contributed by atoms with Crippen molar-refractivity contribution in [3.8, 4) is 11.5 Å². The molecule has 5 heteroatoms. The molecule has 0 fully saturated rings. The third kappa shape index (κ3) is 7.76. The van der Waals surface area contributed by atoms with Gasteiger partial charge in [0.05, 0.1) is 13.7 Å². The number of nitrogens with zero attached hydrogens (tertiary/aromatic N) is 1. The Morgan fingerprint density at radius 1 is 1.05 bits per heavy atom. The molecule has 0 aromatic heterocycles. The fourth-order valence-electron chi connectivity index (χ4n) is 1.84. The fourth-order valence-corrected chi connectivity index (χ4v) is 1.84. The van der Waals surface area contributed by atoms with Gasteiger partial charge < -0.3 is 20.1 Å². The van der Waals surface area contributed by atoms with Gasteiger partial charge in [0.2, 0.25) is 0 Å². The maximum absolute atomic E-state index is 5.68. The first kappa shape index (κ1) is 18.1. The van der Waals surface area contributed by atoms with Crippen LogP contribution in [0.3, 0.4) is 0 Å².